The molecule has 0 aliphatic carbocycles. The molecule has 0 aliphatic rings. The lowest BCUT2D eigenvalue weighted by Crippen LogP contribution is -2.31. The molecule has 9 heavy (non-hydrogen) atoms. The lowest BCUT2D eigenvalue weighted by atomic mass is 10.5. The van der Waals surface area contributed by atoms with Crippen LogP contribution in [0.1, 0.15) is 5.69 Å². The third-order valence-electron chi connectivity index (χ3n) is 0.886. The quantitative estimate of drug-likeness (QED) is 0.369. The van der Waals surface area contributed by atoms with Crippen LogP contribution in [0.5, 0.6) is 0 Å². The van der Waals surface area contributed by atoms with Gasteiger partial charge in [0.1, 0.15) is 0 Å². The first-order chi connectivity index (χ1) is 4.18. The van der Waals surface area contributed by atoms with E-state index >= 15 is 0 Å². The Hall–Kier alpha value is -1.32. The topological polar surface area (TPSA) is 59.8 Å². The predicted octanol–water partition coefficient (Wildman–Crippen LogP) is -0.683. The van der Waals surface area contributed by atoms with Crippen molar-refractivity contribution in [2.24, 2.45) is 0 Å². The first-order valence-corrected chi connectivity index (χ1v) is 2.48. The second-order valence-corrected chi connectivity index (χ2v) is 1.79. The molecule has 0 aromatic carbocycles. The molecule has 0 fully saturated rings. The summed E-state index contributed by atoms with van der Waals surface area (Å²) in [5.74, 6) is 0. The molecule has 0 amide bonds. The highest BCUT2D eigenvalue weighted by Crippen LogP contribution is 1.75. The fourth-order valence-corrected chi connectivity index (χ4v) is 0.603. The number of rotatable bonds is 0. The molecule has 0 saturated carbocycles. The highest BCUT2D eigenvalue weighted by molar-refractivity contribution is 4.85. The van der Waals surface area contributed by atoms with Gasteiger partial charge in [0, 0.05) is 0 Å². The predicted molar refractivity (Wildman–Crippen MR) is 30.8 cm³/mol. The van der Waals surface area contributed by atoms with E-state index in [0.717, 1.165) is 6.20 Å². The minimum atomic E-state index is -0.370. The molecule has 0 aliphatic heterocycles. The normalized spacial score (nSPS) is 9.44. The smallest absolute Gasteiger partial charge is 0.313 e. The Labute approximate surface area is 51.4 Å². The van der Waals surface area contributed by atoms with E-state index in [1.54, 1.807) is 6.92 Å². The van der Waals surface area contributed by atoms with E-state index in [9.17, 15) is 10.0 Å². The lowest BCUT2D eigenvalue weighted by Gasteiger charge is -1.92. The molecule has 4 nitrogen and oxygen atoms in total. The Morgan fingerprint density at radius 1 is 1.67 bits per heavy atom. The van der Waals surface area contributed by atoms with E-state index in [4.69, 9.17) is 0 Å². The molecule has 1 aromatic heterocycles. The molecule has 0 spiro atoms. The zero-order valence-corrected chi connectivity index (χ0v) is 4.92. The Kier molecular flexibility index (Phi) is 1.22. The Morgan fingerprint density at radius 2 is 2.33 bits per heavy atom. The fourth-order valence-electron chi connectivity index (χ4n) is 0.603. The summed E-state index contributed by atoms with van der Waals surface area (Å²) in [6.07, 6.45) is 2.23. The standard InChI is InChI=1S/C5H6N2O2/c1-4-2-7(9)3-5(8)6-4/h2-3H,1H3,(H,6,8). The summed E-state index contributed by atoms with van der Waals surface area (Å²) in [5, 5.41) is 10.4. The van der Waals surface area contributed by atoms with Gasteiger partial charge in [0.25, 0.3) is 0 Å². The van der Waals surface area contributed by atoms with Crippen LogP contribution in [0.2, 0.25) is 0 Å². The molecule has 48 valence electrons. The van der Waals surface area contributed by atoms with Crippen molar-refractivity contribution in [1.29, 1.82) is 0 Å². The van der Waals surface area contributed by atoms with Gasteiger partial charge in [0.2, 0.25) is 6.20 Å². The Balaban J connectivity index is 3.33. The van der Waals surface area contributed by atoms with Gasteiger partial charge >= 0.3 is 5.56 Å². The molecule has 1 heterocycles. The van der Waals surface area contributed by atoms with Crippen molar-refractivity contribution in [3.63, 3.8) is 0 Å². The lowest BCUT2D eigenvalue weighted by molar-refractivity contribution is -0.607. The van der Waals surface area contributed by atoms with Gasteiger partial charge < -0.3 is 10.2 Å². The van der Waals surface area contributed by atoms with Crippen LogP contribution in [0.4, 0.5) is 0 Å². The van der Waals surface area contributed by atoms with Gasteiger partial charge in [-0.2, -0.15) is 4.73 Å². The summed E-state index contributed by atoms with van der Waals surface area (Å²) >= 11 is 0. The van der Waals surface area contributed by atoms with E-state index in [2.05, 4.69) is 4.98 Å². The van der Waals surface area contributed by atoms with Gasteiger partial charge in [-0.25, -0.2) is 0 Å². The third kappa shape index (κ3) is 1.28. The highest BCUT2D eigenvalue weighted by Gasteiger charge is 1.92. The molecule has 0 saturated heterocycles. The van der Waals surface area contributed by atoms with Crippen LogP contribution in [0.3, 0.4) is 0 Å². The molecule has 0 atom stereocenters. The molecule has 1 aromatic rings. The van der Waals surface area contributed by atoms with Gasteiger partial charge in [-0.05, 0) is 6.92 Å². The Morgan fingerprint density at radius 3 is 2.78 bits per heavy atom. The van der Waals surface area contributed by atoms with Crippen LogP contribution in [0, 0.1) is 12.1 Å². The molecular weight excluding hydrogens is 120 g/mol. The first kappa shape index (κ1) is 5.81. The van der Waals surface area contributed by atoms with Gasteiger partial charge in [-0.15, -0.1) is 0 Å². The van der Waals surface area contributed by atoms with Gasteiger partial charge in [-0.1, -0.05) is 0 Å². The third-order valence-corrected chi connectivity index (χ3v) is 0.886. The molecule has 1 rings (SSSR count). The van der Waals surface area contributed by atoms with E-state index in [1.165, 1.54) is 6.20 Å². The van der Waals surface area contributed by atoms with Gasteiger partial charge in [0.05, 0.1) is 5.69 Å². The van der Waals surface area contributed by atoms with E-state index < -0.39 is 0 Å². The zero-order valence-electron chi connectivity index (χ0n) is 4.92. The highest BCUT2D eigenvalue weighted by atomic mass is 16.5. The fraction of sp³-hybridized carbons (Fsp3) is 0.200. The van der Waals surface area contributed by atoms with Crippen molar-refractivity contribution < 1.29 is 4.73 Å². The number of nitrogens with one attached hydrogen (secondary N) is 1. The van der Waals surface area contributed by atoms with Crippen molar-refractivity contribution in [2.75, 3.05) is 0 Å². The Bertz CT molecular complexity index is 243. The largest absolute Gasteiger partial charge is 0.619 e. The van der Waals surface area contributed by atoms with Crippen LogP contribution in [-0.4, -0.2) is 4.98 Å². The van der Waals surface area contributed by atoms with Crippen molar-refractivity contribution in [2.45, 2.75) is 6.92 Å². The first-order valence-electron chi connectivity index (χ1n) is 2.48. The van der Waals surface area contributed by atoms with Gasteiger partial charge in [0.15, 0.2) is 6.20 Å². The molecule has 1 N–H and O–H groups in total. The molecule has 4 heteroatoms. The minimum Gasteiger partial charge on any atom is -0.619 e. The van der Waals surface area contributed by atoms with Gasteiger partial charge in [-0.3, -0.25) is 4.79 Å². The van der Waals surface area contributed by atoms with Crippen molar-refractivity contribution in [3.8, 4) is 0 Å². The second-order valence-electron chi connectivity index (χ2n) is 1.79. The maximum atomic E-state index is 10.4. The van der Waals surface area contributed by atoms with Crippen LogP contribution in [-0.2, 0) is 0 Å². The molecule has 0 bridgehead atoms. The van der Waals surface area contributed by atoms with E-state index in [0.29, 0.717) is 10.4 Å². The van der Waals surface area contributed by atoms with Crippen molar-refractivity contribution in [3.05, 3.63) is 33.6 Å². The average Bonchev–Trinajstić information content (AvgIpc) is 1.59. The summed E-state index contributed by atoms with van der Waals surface area (Å²) in [7, 11) is 0. The maximum absolute atomic E-state index is 10.4. The molecular formula is C5H6N2O2. The number of aryl methyl sites for hydroxylation is 1. The number of hydrogen-bond acceptors (Lipinski definition) is 2. The van der Waals surface area contributed by atoms with E-state index in [-0.39, 0.29) is 5.56 Å². The average molecular weight is 126 g/mol. The summed E-state index contributed by atoms with van der Waals surface area (Å²) in [6.45, 7) is 1.65. The SMILES string of the molecule is Cc1c[n+]([O-])cc(=O)[nH]1. The number of hydrogen-bond donors (Lipinski definition) is 1. The summed E-state index contributed by atoms with van der Waals surface area (Å²) in [6, 6.07) is 0. The van der Waals surface area contributed by atoms with Crippen LogP contribution < -0.4 is 10.3 Å². The van der Waals surface area contributed by atoms with Crippen LogP contribution in [0.25, 0.3) is 0 Å². The summed E-state index contributed by atoms with van der Waals surface area (Å²) in [4.78, 5) is 12.9. The monoisotopic (exact) mass is 126 g/mol. The second kappa shape index (κ2) is 1.89. The maximum Gasteiger partial charge on any atom is 0.313 e. The molecule has 0 radical (unpaired) electrons. The number of H-pyrrole nitrogens is 1. The number of nitrogens with zero attached hydrogens (tertiary/aromatic N) is 1. The number of aromatic amines is 1. The van der Waals surface area contributed by atoms with Crippen molar-refractivity contribution >= 4 is 0 Å². The number of aromatic nitrogens is 2. The van der Waals surface area contributed by atoms with E-state index in [1.807, 2.05) is 0 Å². The molecule has 0 unspecified atom stereocenters. The van der Waals surface area contributed by atoms with Crippen LogP contribution in [0.15, 0.2) is 17.2 Å². The van der Waals surface area contributed by atoms with Crippen LogP contribution >= 0.6 is 0 Å². The summed E-state index contributed by atoms with van der Waals surface area (Å²) < 4.78 is 0.480. The minimum absolute atomic E-state index is 0.370. The zero-order chi connectivity index (χ0) is 6.85. The van der Waals surface area contributed by atoms with Crippen molar-refractivity contribution in [1.82, 2.24) is 4.98 Å². The summed E-state index contributed by atoms with van der Waals surface area (Å²) in [5.41, 5.74) is 0.197.